The van der Waals surface area contributed by atoms with Gasteiger partial charge in [0.15, 0.2) is 0 Å². The number of aliphatic hydroxyl groups is 1. The number of fused-ring (bicyclic) bond motifs is 1. The predicted octanol–water partition coefficient (Wildman–Crippen LogP) is 2.09. The first-order chi connectivity index (χ1) is 11.1. The van der Waals surface area contributed by atoms with Crippen molar-refractivity contribution in [1.29, 1.82) is 0 Å². The van der Waals surface area contributed by atoms with Crippen LogP contribution >= 0.6 is 0 Å². The van der Waals surface area contributed by atoms with Crippen molar-refractivity contribution >= 4 is 17.1 Å². The lowest BCUT2D eigenvalue weighted by molar-refractivity contribution is 0.129. The topological polar surface area (TPSA) is 81.2 Å². The van der Waals surface area contributed by atoms with E-state index >= 15 is 0 Å². The summed E-state index contributed by atoms with van der Waals surface area (Å²) < 4.78 is 0. The van der Waals surface area contributed by atoms with Crippen molar-refractivity contribution in [2.24, 2.45) is 5.92 Å². The molecule has 1 aliphatic rings. The third-order valence-corrected chi connectivity index (χ3v) is 4.70. The molecule has 0 saturated carbocycles. The monoisotopic (exact) mass is 316 g/mol. The van der Waals surface area contributed by atoms with Crippen LogP contribution in [0.2, 0.25) is 0 Å². The van der Waals surface area contributed by atoms with Gasteiger partial charge in [-0.2, -0.15) is 0 Å². The number of imidazole rings is 1. The molecule has 1 aromatic carbocycles. The Morgan fingerprint density at radius 3 is 3.09 bits per heavy atom. The molecule has 6 nitrogen and oxygen atoms in total. The molecule has 0 radical (unpaired) electrons. The first-order valence-corrected chi connectivity index (χ1v) is 8.17. The number of aliphatic hydroxyl groups excluding tert-OH is 1. The molecular weight excluding hydrogens is 292 g/mol. The van der Waals surface area contributed by atoms with Crippen LogP contribution in [-0.2, 0) is 6.54 Å². The van der Waals surface area contributed by atoms with Crippen LogP contribution in [0.25, 0.3) is 11.0 Å². The minimum atomic E-state index is -0.0866. The number of piperidine rings is 1. The molecule has 3 N–H and O–H groups in total. The zero-order chi connectivity index (χ0) is 16.4. The average Bonchev–Trinajstić information content (AvgIpc) is 3.00. The maximum absolute atomic E-state index is 12.3. The highest BCUT2D eigenvalue weighted by molar-refractivity contribution is 5.80. The van der Waals surface area contributed by atoms with Crippen molar-refractivity contribution in [3.8, 4) is 0 Å². The lowest BCUT2D eigenvalue weighted by Gasteiger charge is -2.31. The summed E-state index contributed by atoms with van der Waals surface area (Å²) in [6.45, 7) is 6.03. The molecule has 1 aromatic heterocycles. The van der Waals surface area contributed by atoms with Gasteiger partial charge < -0.3 is 20.3 Å². The highest BCUT2D eigenvalue weighted by Crippen LogP contribution is 2.19. The number of benzene rings is 1. The number of urea groups is 1. The van der Waals surface area contributed by atoms with Crippen LogP contribution < -0.4 is 5.32 Å². The van der Waals surface area contributed by atoms with Gasteiger partial charge in [-0.05, 0) is 49.8 Å². The third-order valence-electron chi connectivity index (χ3n) is 4.70. The number of hydrogen-bond donors (Lipinski definition) is 3. The van der Waals surface area contributed by atoms with Crippen molar-refractivity contribution in [1.82, 2.24) is 20.2 Å². The molecule has 1 atom stereocenters. The molecule has 2 amide bonds. The number of amides is 2. The molecule has 1 saturated heterocycles. The number of nitrogens with one attached hydrogen (secondary N) is 2. The van der Waals surface area contributed by atoms with E-state index in [-0.39, 0.29) is 18.6 Å². The van der Waals surface area contributed by atoms with Gasteiger partial charge in [0.1, 0.15) is 5.82 Å². The zero-order valence-electron chi connectivity index (χ0n) is 13.7. The van der Waals surface area contributed by atoms with E-state index in [1.165, 1.54) is 5.56 Å². The van der Waals surface area contributed by atoms with E-state index in [0.717, 1.165) is 41.8 Å². The highest BCUT2D eigenvalue weighted by Gasteiger charge is 2.23. The molecule has 23 heavy (non-hydrogen) atoms. The fraction of sp³-hybridized carbons (Fsp3) is 0.529. The van der Waals surface area contributed by atoms with Crippen molar-refractivity contribution < 1.29 is 9.90 Å². The number of aromatic amines is 1. The highest BCUT2D eigenvalue weighted by atomic mass is 16.3. The normalized spacial score (nSPS) is 18.4. The molecule has 0 bridgehead atoms. The van der Waals surface area contributed by atoms with Gasteiger partial charge >= 0.3 is 6.03 Å². The lowest BCUT2D eigenvalue weighted by Crippen LogP contribution is -2.46. The summed E-state index contributed by atoms with van der Waals surface area (Å²) in [7, 11) is 0. The number of hydrogen-bond acceptors (Lipinski definition) is 3. The number of aryl methyl sites for hydroxylation is 2. The smallest absolute Gasteiger partial charge is 0.317 e. The first kappa shape index (κ1) is 15.8. The summed E-state index contributed by atoms with van der Waals surface area (Å²) in [5, 5.41) is 12.2. The summed E-state index contributed by atoms with van der Waals surface area (Å²) in [6.07, 6.45) is 1.93. The van der Waals surface area contributed by atoms with Crippen LogP contribution in [0.1, 0.15) is 29.8 Å². The van der Waals surface area contributed by atoms with Gasteiger partial charge in [0.2, 0.25) is 0 Å². The molecule has 3 rings (SSSR count). The molecule has 0 aliphatic carbocycles. The summed E-state index contributed by atoms with van der Waals surface area (Å²) in [6, 6.07) is 4.00. The number of aromatic nitrogens is 2. The van der Waals surface area contributed by atoms with Crippen molar-refractivity contribution in [2.45, 2.75) is 33.2 Å². The van der Waals surface area contributed by atoms with Gasteiger partial charge in [-0.15, -0.1) is 0 Å². The maximum atomic E-state index is 12.3. The molecule has 0 unspecified atom stereocenters. The van der Waals surface area contributed by atoms with Gasteiger partial charge in [-0.3, -0.25) is 0 Å². The summed E-state index contributed by atoms with van der Waals surface area (Å²) in [5.41, 5.74) is 4.34. The Bertz CT molecular complexity index is 710. The van der Waals surface area contributed by atoms with Crippen LogP contribution in [0.15, 0.2) is 12.1 Å². The van der Waals surface area contributed by atoms with Gasteiger partial charge in [0, 0.05) is 19.7 Å². The first-order valence-electron chi connectivity index (χ1n) is 8.17. The number of likely N-dealkylation sites (tertiary alicyclic amines) is 1. The number of H-pyrrole nitrogens is 1. The van der Waals surface area contributed by atoms with Gasteiger partial charge in [-0.1, -0.05) is 6.07 Å². The summed E-state index contributed by atoms with van der Waals surface area (Å²) in [5.74, 6) is 0.962. The van der Waals surface area contributed by atoms with Crippen molar-refractivity contribution in [2.75, 3.05) is 19.7 Å². The van der Waals surface area contributed by atoms with E-state index in [1.807, 2.05) is 6.07 Å². The van der Waals surface area contributed by atoms with Crippen LogP contribution in [0.4, 0.5) is 4.79 Å². The van der Waals surface area contributed by atoms with E-state index < -0.39 is 0 Å². The van der Waals surface area contributed by atoms with Gasteiger partial charge in [0.25, 0.3) is 0 Å². The van der Waals surface area contributed by atoms with Crippen molar-refractivity contribution in [3.05, 3.63) is 29.1 Å². The fourth-order valence-corrected chi connectivity index (χ4v) is 3.12. The van der Waals surface area contributed by atoms with Crippen molar-refractivity contribution in [3.63, 3.8) is 0 Å². The third kappa shape index (κ3) is 3.32. The van der Waals surface area contributed by atoms with E-state index in [2.05, 4.69) is 35.2 Å². The Hall–Kier alpha value is -2.08. The molecule has 0 spiro atoms. The molecule has 1 aliphatic heterocycles. The minimum Gasteiger partial charge on any atom is -0.396 e. The van der Waals surface area contributed by atoms with Crippen LogP contribution in [0, 0.1) is 19.8 Å². The molecule has 124 valence electrons. The quantitative estimate of drug-likeness (QED) is 0.811. The largest absolute Gasteiger partial charge is 0.396 e. The zero-order valence-corrected chi connectivity index (χ0v) is 13.7. The predicted molar refractivity (Wildman–Crippen MR) is 89.2 cm³/mol. The molecule has 6 heteroatoms. The lowest BCUT2D eigenvalue weighted by atomic mass is 9.99. The van der Waals surface area contributed by atoms with Gasteiger partial charge in [0.05, 0.1) is 17.6 Å². The fourth-order valence-electron chi connectivity index (χ4n) is 3.12. The molecular formula is C17H24N4O2. The maximum Gasteiger partial charge on any atom is 0.317 e. The Labute approximate surface area is 135 Å². The van der Waals surface area contributed by atoms with Crippen LogP contribution in [0.5, 0.6) is 0 Å². The molecule has 1 fully saturated rings. The second-order valence-corrected chi connectivity index (χ2v) is 6.38. The molecule has 2 aromatic rings. The Morgan fingerprint density at radius 2 is 2.30 bits per heavy atom. The number of carbonyl (C=O) groups is 1. The van der Waals surface area contributed by atoms with E-state index in [0.29, 0.717) is 13.1 Å². The second kappa shape index (κ2) is 6.58. The average molecular weight is 316 g/mol. The SMILES string of the molecule is Cc1ccc2[nH]c(CNC(=O)N3CCC[C@@H](CO)C3)nc2c1C. The molecule has 2 heterocycles. The summed E-state index contributed by atoms with van der Waals surface area (Å²) >= 11 is 0. The van der Waals surface area contributed by atoms with Crippen LogP contribution in [-0.4, -0.2) is 45.7 Å². The Balaban J connectivity index is 1.64. The number of carbonyl (C=O) groups excluding carboxylic acids is 1. The minimum absolute atomic E-state index is 0.0866. The number of rotatable bonds is 3. The van der Waals surface area contributed by atoms with E-state index in [9.17, 15) is 9.90 Å². The Morgan fingerprint density at radius 1 is 1.48 bits per heavy atom. The van der Waals surface area contributed by atoms with Gasteiger partial charge in [-0.25, -0.2) is 9.78 Å². The van der Waals surface area contributed by atoms with E-state index in [4.69, 9.17) is 0 Å². The van der Waals surface area contributed by atoms with Crippen LogP contribution in [0.3, 0.4) is 0 Å². The van der Waals surface area contributed by atoms with E-state index in [1.54, 1.807) is 4.90 Å². The second-order valence-electron chi connectivity index (χ2n) is 6.38. The Kier molecular flexibility index (Phi) is 4.52. The summed E-state index contributed by atoms with van der Waals surface area (Å²) in [4.78, 5) is 21.9. The number of nitrogens with zero attached hydrogens (tertiary/aromatic N) is 2. The standard InChI is InChI=1S/C17H24N4O2/c1-11-5-6-14-16(12(11)2)20-15(19-14)8-18-17(23)21-7-3-4-13(9-21)10-22/h5-6,13,22H,3-4,7-10H2,1-2H3,(H,18,23)(H,19,20)/t13-/m1/s1.